The number of esters is 2. The smallest absolute Gasteiger partial charge is 0.340 e. The number of fused-ring (bicyclic) bond motifs is 1. The monoisotopic (exact) mass is 315 g/mol. The number of benzene rings is 1. The van der Waals surface area contributed by atoms with E-state index in [1.54, 1.807) is 25.1 Å². The Balaban J connectivity index is 2.41. The number of rotatable bonds is 6. The Morgan fingerprint density at radius 2 is 2.09 bits per heavy atom. The van der Waals surface area contributed by atoms with E-state index in [1.165, 1.54) is 0 Å². The molecule has 2 aromatic rings. The van der Waals surface area contributed by atoms with Crippen molar-refractivity contribution in [2.75, 3.05) is 6.61 Å². The van der Waals surface area contributed by atoms with Crippen LogP contribution in [0, 0.1) is 6.92 Å². The van der Waals surface area contributed by atoms with Gasteiger partial charge in [-0.05, 0) is 38.5 Å². The first-order valence-corrected chi connectivity index (χ1v) is 7.57. The highest BCUT2D eigenvalue weighted by molar-refractivity contribution is 6.06. The molecule has 23 heavy (non-hydrogen) atoms. The van der Waals surface area contributed by atoms with Crippen molar-refractivity contribution in [3.05, 3.63) is 42.1 Å². The van der Waals surface area contributed by atoms with Crippen molar-refractivity contribution in [1.82, 2.24) is 4.57 Å². The van der Waals surface area contributed by atoms with Crippen LogP contribution in [0.3, 0.4) is 0 Å². The molecule has 0 amide bonds. The number of carbonyl (C=O) groups excluding carboxylic acids is 2. The quantitative estimate of drug-likeness (QED) is 0.465. The fraction of sp³-hybridized carbons (Fsp3) is 0.333. The van der Waals surface area contributed by atoms with Gasteiger partial charge in [0, 0.05) is 30.1 Å². The SMILES string of the molecule is C=CCCC(=O)Oc1ccc2c(c1)c(C(=O)OCC)c(C)n2C. The van der Waals surface area contributed by atoms with Crippen molar-refractivity contribution in [3.8, 4) is 5.75 Å². The van der Waals surface area contributed by atoms with Gasteiger partial charge in [-0.2, -0.15) is 0 Å². The molecule has 5 heteroatoms. The summed E-state index contributed by atoms with van der Waals surface area (Å²) >= 11 is 0. The van der Waals surface area contributed by atoms with Gasteiger partial charge in [0.15, 0.2) is 0 Å². The molecule has 5 nitrogen and oxygen atoms in total. The van der Waals surface area contributed by atoms with Gasteiger partial charge in [-0.1, -0.05) is 6.08 Å². The van der Waals surface area contributed by atoms with E-state index in [4.69, 9.17) is 9.47 Å². The molecule has 0 saturated heterocycles. The van der Waals surface area contributed by atoms with E-state index < -0.39 is 0 Å². The first-order chi connectivity index (χ1) is 11.0. The van der Waals surface area contributed by atoms with E-state index in [1.807, 2.05) is 24.6 Å². The van der Waals surface area contributed by atoms with E-state index in [9.17, 15) is 9.59 Å². The molecule has 0 aliphatic carbocycles. The van der Waals surface area contributed by atoms with Gasteiger partial charge in [0.05, 0.1) is 12.2 Å². The van der Waals surface area contributed by atoms with E-state index in [2.05, 4.69) is 6.58 Å². The summed E-state index contributed by atoms with van der Waals surface area (Å²) in [5, 5.41) is 0.720. The van der Waals surface area contributed by atoms with Crippen LogP contribution in [0.2, 0.25) is 0 Å². The molecule has 0 atom stereocenters. The van der Waals surface area contributed by atoms with Crippen LogP contribution in [0.5, 0.6) is 5.75 Å². The van der Waals surface area contributed by atoms with Crippen LogP contribution < -0.4 is 4.74 Å². The van der Waals surface area contributed by atoms with Gasteiger partial charge >= 0.3 is 11.9 Å². The van der Waals surface area contributed by atoms with E-state index in [0.29, 0.717) is 24.3 Å². The second-order valence-corrected chi connectivity index (χ2v) is 5.22. The van der Waals surface area contributed by atoms with Gasteiger partial charge in [0.2, 0.25) is 0 Å². The number of aromatic nitrogens is 1. The minimum atomic E-state index is -0.370. The Morgan fingerprint density at radius 1 is 1.35 bits per heavy atom. The lowest BCUT2D eigenvalue weighted by molar-refractivity contribution is -0.134. The van der Waals surface area contributed by atoms with Gasteiger partial charge in [0.25, 0.3) is 0 Å². The van der Waals surface area contributed by atoms with Crippen LogP contribution in [-0.2, 0) is 16.6 Å². The van der Waals surface area contributed by atoms with E-state index in [0.717, 1.165) is 16.6 Å². The van der Waals surface area contributed by atoms with Gasteiger partial charge in [-0.15, -0.1) is 6.58 Å². The summed E-state index contributed by atoms with van der Waals surface area (Å²) in [5.74, 6) is -0.275. The predicted octanol–water partition coefficient (Wildman–Crippen LogP) is 3.54. The molecule has 2 rings (SSSR count). The predicted molar refractivity (Wildman–Crippen MR) is 88.7 cm³/mol. The van der Waals surface area contributed by atoms with Crippen molar-refractivity contribution in [2.24, 2.45) is 7.05 Å². The summed E-state index contributed by atoms with van der Waals surface area (Å²) in [6.07, 6.45) is 2.52. The second-order valence-electron chi connectivity index (χ2n) is 5.22. The van der Waals surface area contributed by atoms with Crippen LogP contribution in [0.1, 0.15) is 35.8 Å². The Labute approximate surface area is 135 Å². The summed E-state index contributed by atoms with van der Waals surface area (Å²) in [7, 11) is 1.89. The van der Waals surface area contributed by atoms with Crippen LogP contribution in [0.15, 0.2) is 30.9 Å². The van der Waals surface area contributed by atoms with Crippen LogP contribution >= 0.6 is 0 Å². The molecule has 0 unspecified atom stereocenters. The average Bonchev–Trinajstić information content (AvgIpc) is 2.76. The zero-order chi connectivity index (χ0) is 17.0. The summed E-state index contributed by atoms with van der Waals surface area (Å²) in [6, 6.07) is 5.27. The van der Waals surface area contributed by atoms with Crippen LogP contribution in [0.4, 0.5) is 0 Å². The number of carbonyl (C=O) groups is 2. The first-order valence-electron chi connectivity index (χ1n) is 7.57. The maximum Gasteiger partial charge on any atom is 0.340 e. The van der Waals surface area contributed by atoms with Gasteiger partial charge in [-0.3, -0.25) is 4.79 Å². The van der Waals surface area contributed by atoms with Gasteiger partial charge in [0.1, 0.15) is 5.75 Å². The Hall–Kier alpha value is -2.56. The van der Waals surface area contributed by atoms with E-state index >= 15 is 0 Å². The molecule has 1 heterocycles. The molecule has 0 saturated carbocycles. The van der Waals surface area contributed by atoms with E-state index in [-0.39, 0.29) is 18.4 Å². The largest absolute Gasteiger partial charge is 0.462 e. The first kappa shape index (κ1) is 16.8. The number of allylic oxidation sites excluding steroid dienone is 1. The molecule has 0 N–H and O–H groups in total. The summed E-state index contributed by atoms with van der Waals surface area (Å²) < 4.78 is 12.4. The normalized spacial score (nSPS) is 10.6. The summed E-state index contributed by atoms with van der Waals surface area (Å²) in [5.41, 5.74) is 2.21. The minimum absolute atomic E-state index is 0.278. The number of hydrogen-bond acceptors (Lipinski definition) is 4. The van der Waals surface area contributed by atoms with Crippen molar-refractivity contribution < 1.29 is 19.1 Å². The Morgan fingerprint density at radius 3 is 2.74 bits per heavy atom. The zero-order valence-electron chi connectivity index (χ0n) is 13.7. The molecule has 1 aromatic carbocycles. The van der Waals surface area contributed by atoms with Crippen molar-refractivity contribution in [3.63, 3.8) is 0 Å². The molecule has 0 aliphatic heterocycles. The van der Waals surface area contributed by atoms with Gasteiger partial charge < -0.3 is 14.0 Å². The second kappa shape index (κ2) is 7.13. The van der Waals surface area contributed by atoms with Crippen LogP contribution in [0.25, 0.3) is 10.9 Å². The van der Waals surface area contributed by atoms with Crippen molar-refractivity contribution in [2.45, 2.75) is 26.7 Å². The highest BCUT2D eigenvalue weighted by Gasteiger charge is 2.20. The lowest BCUT2D eigenvalue weighted by atomic mass is 10.1. The molecule has 0 fully saturated rings. The highest BCUT2D eigenvalue weighted by atomic mass is 16.5. The zero-order valence-corrected chi connectivity index (χ0v) is 13.7. The Bertz CT molecular complexity index is 758. The molecule has 0 spiro atoms. The van der Waals surface area contributed by atoms with Crippen molar-refractivity contribution in [1.29, 1.82) is 0 Å². The third-order valence-electron chi connectivity index (χ3n) is 3.73. The average molecular weight is 315 g/mol. The fourth-order valence-corrected chi connectivity index (χ4v) is 2.48. The molecule has 0 radical (unpaired) electrons. The molecule has 122 valence electrons. The maximum atomic E-state index is 12.2. The van der Waals surface area contributed by atoms with Gasteiger partial charge in [-0.25, -0.2) is 4.79 Å². The number of ether oxygens (including phenoxy) is 2. The number of nitrogens with zero attached hydrogens (tertiary/aromatic N) is 1. The maximum absolute atomic E-state index is 12.2. The number of aryl methyl sites for hydroxylation is 1. The lowest BCUT2D eigenvalue weighted by Gasteiger charge is -2.05. The third-order valence-corrected chi connectivity index (χ3v) is 3.73. The topological polar surface area (TPSA) is 57.5 Å². The summed E-state index contributed by atoms with van der Waals surface area (Å²) in [6.45, 7) is 7.52. The summed E-state index contributed by atoms with van der Waals surface area (Å²) in [4.78, 5) is 23.9. The molecule has 0 bridgehead atoms. The molecular formula is C18H21NO4. The number of hydrogen-bond donors (Lipinski definition) is 0. The molecular weight excluding hydrogens is 294 g/mol. The third kappa shape index (κ3) is 3.44. The van der Waals surface area contributed by atoms with Crippen molar-refractivity contribution >= 4 is 22.8 Å². The highest BCUT2D eigenvalue weighted by Crippen LogP contribution is 2.29. The molecule has 1 aromatic heterocycles. The molecule has 0 aliphatic rings. The minimum Gasteiger partial charge on any atom is -0.462 e. The van der Waals surface area contributed by atoms with Crippen LogP contribution in [-0.4, -0.2) is 23.1 Å². The Kier molecular flexibility index (Phi) is 5.21. The standard InChI is InChI=1S/C18H21NO4/c1-5-7-8-16(20)23-13-9-10-15-14(11-13)17(12(3)19(15)4)18(21)22-6-2/h5,9-11H,1,6-8H2,2-4H3. The fourth-order valence-electron chi connectivity index (χ4n) is 2.48. The lowest BCUT2D eigenvalue weighted by Crippen LogP contribution is -2.07.